The molecule has 3 rings (SSSR count). The molecule has 0 aromatic rings. The smallest absolute Gasteiger partial charge is 0.0897 e. The second-order valence-corrected chi connectivity index (χ2v) is 9.90. The standard InChI is InChI=1S/C24H42F2/c25-17-2-1-3-19-4-8-21(9-5-19)23-12-14-24(15-13-23)22-10-6-20(7-11-22)16-18-26/h19-24H,1-18H2. The van der Waals surface area contributed by atoms with Crippen LogP contribution in [0.5, 0.6) is 0 Å². The van der Waals surface area contributed by atoms with Crippen LogP contribution in [0.15, 0.2) is 0 Å². The first kappa shape index (κ1) is 20.6. The Labute approximate surface area is 160 Å². The van der Waals surface area contributed by atoms with E-state index in [0.717, 1.165) is 48.9 Å². The largest absolute Gasteiger partial charge is 0.251 e. The van der Waals surface area contributed by atoms with Gasteiger partial charge in [-0.15, -0.1) is 0 Å². The molecule has 0 unspecified atom stereocenters. The van der Waals surface area contributed by atoms with E-state index in [9.17, 15) is 8.78 Å². The Morgan fingerprint density at radius 2 is 0.808 bits per heavy atom. The van der Waals surface area contributed by atoms with Gasteiger partial charge in [-0.05, 0) is 99.7 Å². The number of rotatable bonds is 8. The second kappa shape index (κ2) is 11.0. The van der Waals surface area contributed by atoms with Crippen LogP contribution in [-0.2, 0) is 0 Å². The van der Waals surface area contributed by atoms with Crippen LogP contribution < -0.4 is 0 Å². The van der Waals surface area contributed by atoms with Crippen molar-refractivity contribution in [3.63, 3.8) is 0 Å². The van der Waals surface area contributed by atoms with Crippen molar-refractivity contribution in [3.05, 3.63) is 0 Å². The van der Waals surface area contributed by atoms with Crippen molar-refractivity contribution in [2.24, 2.45) is 35.5 Å². The Bertz CT molecular complexity index is 358. The van der Waals surface area contributed by atoms with Crippen molar-refractivity contribution in [1.82, 2.24) is 0 Å². The molecule has 0 nitrogen and oxygen atoms in total. The fourth-order valence-corrected chi connectivity index (χ4v) is 6.67. The van der Waals surface area contributed by atoms with Crippen LogP contribution in [0, 0.1) is 35.5 Å². The summed E-state index contributed by atoms with van der Waals surface area (Å²) in [5, 5.41) is 0. The highest BCUT2D eigenvalue weighted by atomic mass is 19.1. The van der Waals surface area contributed by atoms with Gasteiger partial charge in [0.2, 0.25) is 0 Å². The van der Waals surface area contributed by atoms with Gasteiger partial charge in [0.15, 0.2) is 0 Å². The molecule has 0 bridgehead atoms. The molecule has 0 amide bonds. The second-order valence-electron chi connectivity index (χ2n) is 9.90. The van der Waals surface area contributed by atoms with E-state index in [2.05, 4.69) is 0 Å². The van der Waals surface area contributed by atoms with Crippen molar-refractivity contribution < 1.29 is 8.78 Å². The van der Waals surface area contributed by atoms with Crippen LogP contribution in [0.4, 0.5) is 8.78 Å². The molecule has 0 heterocycles. The van der Waals surface area contributed by atoms with Crippen LogP contribution in [0.1, 0.15) is 103 Å². The van der Waals surface area contributed by atoms with Gasteiger partial charge in [-0.2, -0.15) is 0 Å². The van der Waals surface area contributed by atoms with E-state index in [0.29, 0.717) is 5.92 Å². The lowest BCUT2D eigenvalue weighted by atomic mass is 9.64. The van der Waals surface area contributed by atoms with E-state index in [1.54, 1.807) is 0 Å². The molecule has 0 N–H and O–H groups in total. The molecule has 0 aromatic heterocycles. The lowest BCUT2D eigenvalue weighted by molar-refractivity contribution is 0.101. The molecule has 0 saturated heterocycles. The summed E-state index contributed by atoms with van der Waals surface area (Å²) in [7, 11) is 0. The molecule has 3 saturated carbocycles. The Morgan fingerprint density at radius 3 is 1.19 bits per heavy atom. The highest BCUT2D eigenvalue weighted by Crippen LogP contribution is 2.46. The average molecular weight is 369 g/mol. The molecule has 3 aliphatic carbocycles. The minimum atomic E-state index is -0.129. The Morgan fingerprint density at radius 1 is 0.423 bits per heavy atom. The molecule has 152 valence electrons. The Hall–Kier alpha value is -0.140. The average Bonchev–Trinajstić information content (AvgIpc) is 2.70. The Balaban J connectivity index is 1.32. The zero-order valence-corrected chi connectivity index (χ0v) is 16.9. The molecule has 3 fully saturated rings. The summed E-state index contributed by atoms with van der Waals surface area (Å²) in [6.45, 7) is -0.241. The molecule has 0 spiro atoms. The zero-order chi connectivity index (χ0) is 18.2. The topological polar surface area (TPSA) is 0 Å². The molecule has 0 aromatic carbocycles. The molecule has 3 aliphatic rings. The van der Waals surface area contributed by atoms with Gasteiger partial charge in [0.25, 0.3) is 0 Å². The fourth-order valence-electron chi connectivity index (χ4n) is 6.67. The number of hydrogen-bond acceptors (Lipinski definition) is 0. The lowest BCUT2D eigenvalue weighted by Crippen LogP contribution is -2.29. The van der Waals surface area contributed by atoms with Crippen molar-refractivity contribution in [2.45, 2.75) is 103 Å². The maximum absolute atomic E-state index is 12.5. The number of hydrogen-bond donors (Lipinski definition) is 0. The molecule has 0 aliphatic heterocycles. The highest BCUT2D eigenvalue weighted by molar-refractivity contribution is 4.85. The van der Waals surface area contributed by atoms with Gasteiger partial charge >= 0.3 is 0 Å². The molecule has 26 heavy (non-hydrogen) atoms. The third-order valence-electron chi connectivity index (χ3n) is 8.45. The fraction of sp³-hybridized carbons (Fsp3) is 1.00. The monoisotopic (exact) mass is 368 g/mol. The summed E-state index contributed by atoms with van der Waals surface area (Å²) in [5.41, 5.74) is 0. The summed E-state index contributed by atoms with van der Waals surface area (Å²) in [6.07, 6.45) is 20.9. The summed E-state index contributed by atoms with van der Waals surface area (Å²) in [4.78, 5) is 0. The zero-order valence-electron chi connectivity index (χ0n) is 16.9. The van der Waals surface area contributed by atoms with Gasteiger partial charge in [-0.25, -0.2) is 0 Å². The van der Waals surface area contributed by atoms with Crippen molar-refractivity contribution in [1.29, 1.82) is 0 Å². The van der Waals surface area contributed by atoms with E-state index in [1.807, 2.05) is 0 Å². The van der Waals surface area contributed by atoms with Gasteiger partial charge in [0.05, 0.1) is 13.3 Å². The number of halogens is 2. The molecule has 2 heteroatoms. The summed E-state index contributed by atoms with van der Waals surface area (Å²) < 4.78 is 24.8. The summed E-state index contributed by atoms with van der Waals surface area (Å²) in [5.74, 6) is 5.52. The lowest BCUT2D eigenvalue weighted by Gasteiger charge is -2.41. The van der Waals surface area contributed by atoms with E-state index < -0.39 is 0 Å². The van der Waals surface area contributed by atoms with Gasteiger partial charge in [0, 0.05) is 0 Å². The van der Waals surface area contributed by atoms with Gasteiger partial charge in [-0.1, -0.05) is 38.5 Å². The predicted octanol–water partition coefficient (Wildman–Crippen LogP) is 7.91. The molecular weight excluding hydrogens is 326 g/mol. The van der Waals surface area contributed by atoms with Crippen LogP contribution in [0.2, 0.25) is 0 Å². The predicted molar refractivity (Wildman–Crippen MR) is 107 cm³/mol. The summed E-state index contributed by atoms with van der Waals surface area (Å²) >= 11 is 0. The first-order valence-corrected chi connectivity index (χ1v) is 11.9. The normalized spacial score (nSPS) is 39.0. The molecular formula is C24H42F2. The highest BCUT2D eigenvalue weighted by Gasteiger charge is 2.34. The molecule has 0 radical (unpaired) electrons. The molecule has 0 atom stereocenters. The number of alkyl halides is 2. The first-order chi connectivity index (χ1) is 12.8. The van der Waals surface area contributed by atoms with Crippen molar-refractivity contribution in [3.8, 4) is 0 Å². The minimum Gasteiger partial charge on any atom is -0.251 e. The van der Waals surface area contributed by atoms with Crippen molar-refractivity contribution in [2.75, 3.05) is 13.3 Å². The van der Waals surface area contributed by atoms with Crippen molar-refractivity contribution >= 4 is 0 Å². The number of unbranched alkanes of at least 4 members (excludes halogenated alkanes) is 1. The van der Waals surface area contributed by atoms with E-state index in [4.69, 9.17) is 0 Å². The van der Waals surface area contributed by atoms with Crippen LogP contribution in [0.3, 0.4) is 0 Å². The first-order valence-electron chi connectivity index (χ1n) is 11.9. The third-order valence-corrected chi connectivity index (χ3v) is 8.45. The maximum atomic E-state index is 12.5. The Kier molecular flexibility index (Phi) is 8.72. The quantitative estimate of drug-likeness (QED) is 0.382. The van der Waals surface area contributed by atoms with Crippen LogP contribution in [-0.4, -0.2) is 13.3 Å². The maximum Gasteiger partial charge on any atom is 0.0897 e. The van der Waals surface area contributed by atoms with Gasteiger partial charge in [-0.3, -0.25) is 8.78 Å². The van der Waals surface area contributed by atoms with Crippen LogP contribution >= 0.6 is 0 Å². The SMILES string of the molecule is FCCCCC1CCC(C2CCC(C3CCC(CCF)CC3)CC2)CC1. The minimum absolute atomic E-state index is 0.113. The summed E-state index contributed by atoms with van der Waals surface area (Å²) in [6, 6.07) is 0. The van der Waals surface area contributed by atoms with Gasteiger partial charge < -0.3 is 0 Å². The van der Waals surface area contributed by atoms with Crippen LogP contribution in [0.25, 0.3) is 0 Å². The van der Waals surface area contributed by atoms with Gasteiger partial charge in [0.1, 0.15) is 0 Å². The third kappa shape index (κ3) is 5.93. The van der Waals surface area contributed by atoms with E-state index in [-0.39, 0.29) is 13.3 Å². The van der Waals surface area contributed by atoms with E-state index >= 15 is 0 Å². The van der Waals surface area contributed by atoms with E-state index in [1.165, 1.54) is 83.5 Å².